The van der Waals surface area contributed by atoms with Crippen molar-refractivity contribution in [2.24, 2.45) is 0 Å². The number of aromatic nitrogens is 2. The Labute approximate surface area is 162 Å². The normalized spacial score (nSPS) is 12.0. The van der Waals surface area contributed by atoms with Crippen molar-refractivity contribution >= 4 is 23.5 Å². The van der Waals surface area contributed by atoms with E-state index >= 15 is 0 Å². The molecule has 0 spiro atoms. The molecule has 4 aromatic rings. The van der Waals surface area contributed by atoms with Crippen LogP contribution in [0.25, 0.3) is 34.0 Å². The van der Waals surface area contributed by atoms with Crippen molar-refractivity contribution in [1.82, 2.24) is 10.2 Å². The SMILES string of the molecule is FC(F)(F)c1ccc(-c2nnc(/C=C/c3ccc(-c4ccccc4)s3)o2)cc1. The maximum absolute atomic E-state index is 12.6. The van der Waals surface area contributed by atoms with Crippen LogP contribution in [0.1, 0.15) is 16.3 Å². The van der Waals surface area contributed by atoms with E-state index < -0.39 is 11.7 Å². The first-order valence-electron chi connectivity index (χ1n) is 8.33. The van der Waals surface area contributed by atoms with Gasteiger partial charge in [0, 0.05) is 21.4 Å². The van der Waals surface area contributed by atoms with Gasteiger partial charge in [0.15, 0.2) is 0 Å². The summed E-state index contributed by atoms with van der Waals surface area (Å²) in [5.74, 6) is 0.453. The molecule has 3 nitrogen and oxygen atoms in total. The third-order valence-corrected chi connectivity index (χ3v) is 5.07. The Morgan fingerprint density at radius 3 is 2.25 bits per heavy atom. The predicted octanol–water partition coefficient (Wildman–Crippen LogP) is 6.65. The molecule has 0 bridgehead atoms. The Hall–Kier alpha value is -3.19. The lowest BCUT2D eigenvalue weighted by Gasteiger charge is -2.05. The van der Waals surface area contributed by atoms with Crippen LogP contribution in [-0.2, 0) is 6.18 Å². The molecule has 140 valence electrons. The minimum atomic E-state index is -4.37. The summed E-state index contributed by atoms with van der Waals surface area (Å²) < 4.78 is 43.4. The van der Waals surface area contributed by atoms with Crippen LogP contribution in [0.4, 0.5) is 13.2 Å². The summed E-state index contributed by atoms with van der Waals surface area (Å²) in [7, 11) is 0. The molecule has 0 saturated carbocycles. The zero-order valence-corrected chi connectivity index (χ0v) is 15.2. The van der Waals surface area contributed by atoms with Crippen molar-refractivity contribution in [1.29, 1.82) is 0 Å². The lowest BCUT2D eigenvalue weighted by molar-refractivity contribution is -0.137. The van der Waals surface area contributed by atoms with E-state index in [0.29, 0.717) is 5.56 Å². The van der Waals surface area contributed by atoms with E-state index in [-0.39, 0.29) is 11.8 Å². The number of rotatable bonds is 4. The summed E-state index contributed by atoms with van der Waals surface area (Å²) in [5, 5.41) is 7.82. The van der Waals surface area contributed by atoms with E-state index in [4.69, 9.17) is 4.42 Å². The number of nitrogens with zero attached hydrogens (tertiary/aromatic N) is 2. The molecule has 0 radical (unpaired) electrons. The van der Waals surface area contributed by atoms with Gasteiger partial charge in [0.1, 0.15) is 0 Å². The van der Waals surface area contributed by atoms with Gasteiger partial charge in [-0.1, -0.05) is 30.3 Å². The van der Waals surface area contributed by atoms with Gasteiger partial charge in [-0.3, -0.25) is 0 Å². The van der Waals surface area contributed by atoms with Gasteiger partial charge in [0.05, 0.1) is 5.56 Å². The molecular weight excluding hydrogens is 385 g/mol. The van der Waals surface area contributed by atoms with E-state index in [1.165, 1.54) is 12.1 Å². The van der Waals surface area contributed by atoms with Gasteiger partial charge >= 0.3 is 6.18 Å². The van der Waals surface area contributed by atoms with Crippen LogP contribution in [0, 0.1) is 0 Å². The zero-order chi connectivity index (χ0) is 19.6. The maximum atomic E-state index is 12.6. The van der Waals surface area contributed by atoms with Crippen LogP contribution in [0.5, 0.6) is 0 Å². The van der Waals surface area contributed by atoms with Gasteiger partial charge in [0.2, 0.25) is 11.8 Å². The van der Waals surface area contributed by atoms with Gasteiger partial charge in [-0.2, -0.15) is 13.2 Å². The minimum absolute atomic E-state index is 0.171. The van der Waals surface area contributed by atoms with Crippen molar-refractivity contribution in [2.45, 2.75) is 6.18 Å². The molecule has 7 heteroatoms. The summed E-state index contributed by atoms with van der Waals surface area (Å²) in [6, 6.07) is 18.7. The molecule has 0 saturated heterocycles. The molecule has 28 heavy (non-hydrogen) atoms. The maximum Gasteiger partial charge on any atom is 0.416 e. The second-order valence-corrected chi connectivity index (χ2v) is 7.04. The molecule has 0 aliphatic carbocycles. The first kappa shape index (κ1) is 18.2. The van der Waals surface area contributed by atoms with Crippen LogP contribution in [0.3, 0.4) is 0 Å². The Kier molecular flexibility index (Phi) is 4.83. The minimum Gasteiger partial charge on any atom is -0.417 e. The molecule has 0 N–H and O–H groups in total. The van der Waals surface area contributed by atoms with Gasteiger partial charge in [-0.05, 0) is 48.0 Å². The average Bonchev–Trinajstić information content (AvgIpc) is 3.36. The number of hydrogen-bond donors (Lipinski definition) is 0. The van der Waals surface area contributed by atoms with Gasteiger partial charge in [-0.15, -0.1) is 21.5 Å². The smallest absolute Gasteiger partial charge is 0.416 e. The topological polar surface area (TPSA) is 38.9 Å². The summed E-state index contributed by atoms with van der Waals surface area (Å²) >= 11 is 1.63. The van der Waals surface area contributed by atoms with Crippen molar-refractivity contribution in [3.63, 3.8) is 0 Å². The highest BCUT2D eigenvalue weighted by Gasteiger charge is 2.30. The molecule has 0 aliphatic heterocycles. The second-order valence-electron chi connectivity index (χ2n) is 5.92. The molecule has 0 aliphatic rings. The second kappa shape index (κ2) is 7.44. The Bertz CT molecular complexity index is 1100. The Morgan fingerprint density at radius 2 is 1.54 bits per heavy atom. The molecule has 4 rings (SSSR count). The lowest BCUT2D eigenvalue weighted by Crippen LogP contribution is -2.03. The molecule has 0 atom stereocenters. The Balaban J connectivity index is 1.49. The first-order valence-corrected chi connectivity index (χ1v) is 9.15. The largest absolute Gasteiger partial charge is 0.417 e. The van der Waals surface area contributed by atoms with Crippen molar-refractivity contribution in [3.05, 3.63) is 83.1 Å². The van der Waals surface area contributed by atoms with E-state index in [9.17, 15) is 13.2 Å². The predicted molar refractivity (Wildman–Crippen MR) is 103 cm³/mol. The third-order valence-electron chi connectivity index (χ3n) is 3.98. The summed E-state index contributed by atoms with van der Waals surface area (Å²) in [4.78, 5) is 2.17. The van der Waals surface area contributed by atoms with Crippen LogP contribution in [-0.4, -0.2) is 10.2 Å². The number of thiophene rings is 1. The number of alkyl halides is 3. The highest BCUT2D eigenvalue weighted by molar-refractivity contribution is 7.16. The third kappa shape index (κ3) is 4.04. The number of benzene rings is 2. The van der Waals surface area contributed by atoms with E-state index in [1.54, 1.807) is 17.4 Å². The number of hydrogen-bond acceptors (Lipinski definition) is 4. The summed E-state index contributed by atoms with van der Waals surface area (Å²) in [6.45, 7) is 0. The molecule has 2 aromatic carbocycles. The highest BCUT2D eigenvalue weighted by Crippen LogP contribution is 2.31. The quantitative estimate of drug-likeness (QED) is 0.386. The van der Waals surface area contributed by atoms with Crippen molar-refractivity contribution < 1.29 is 17.6 Å². The van der Waals surface area contributed by atoms with Gasteiger partial charge < -0.3 is 4.42 Å². The van der Waals surface area contributed by atoms with Crippen LogP contribution in [0.2, 0.25) is 0 Å². The van der Waals surface area contributed by atoms with Crippen molar-refractivity contribution in [3.8, 4) is 21.9 Å². The average molecular weight is 398 g/mol. The fraction of sp³-hybridized carbons (Fsp3) is 0.0476. The lowest BCUT2D eigenvalue weighted by atomic mass is 10.1. The van der Waals surface area contributed by atoms with Crippen LogP contribution < -0.4 is 0 Å². The van der Waals surface area contributed by atoms with E-state index in [0.717, 1.165) is 27.5 Å². The fourth-order valence-electron chi connectivity index (χ4n) is 2.57. The van der Waals surface area contributed by atoms with E-state index in [1.807, 2.05) is 48.5 Å². The molecule has 0 amide bonds. The standard InChI is InChI=1S/C21H13F3N2OS/c22-21(23,24)16-8-6-15(7-9-16)20-26-25-19(27-20)13-11-17-10-12-18(28-17)14-4-2-1-3-5-14/h1-13H/b13-11+. The highest BCUT2D eigenvalue weighted by atomic mass is 32.1. The molecule has 0 unspecified atom stereocenters. The van der Waals surface area contributed by atoms with Gasteiger partial charge in [0.25, 0.3) is 0 Å². The molecular formula is C21H13F3N2OS. The molecule has 0 fully saturated rings. The fourth-order valence-corrected chi connectivity index (χ4v) is 3.49. The zero-order valence-electron chi connectivity index (χ0n) is 14.4. The summed E-state index contributed by atoms with van der Waals surface area (Å²) in [6.07, 6.45) is -0.830. The van der Waals surface area contributed by atoms with Gasteiger partial charge in [-0.25, -0.2) is 0 Å². The Morgan fingerprint density at radius 1 is 0.786 bits per heavy atom. The monoisotopic (exact) mass is 398 g/mol. The van der Waals surface area contributed by atoms with Crippen molar-refractivity contribution in [2.75, 3.05) is 0 Å². The first-order chi connectivity index (χ1) is 13.5. The van der Waals surface area contributed by atoms with Crippen LogP contribution in [0.15, 0.2) is 71.1 Å². The number of halogens is 3. The van der Waals surface area contributed by atoms with Crippen LogP contribution >= 0.6 is 11.3 Å². The van der Waals surface area contributed by atoms with E-state index in [2.05, 4.69) is 10.2 Å². The molecule has 2 aromatic heterocycles. The summed E-state index contributed by atoms with van der Waals surface area (Å²) in [5.41, 5.74) is 0.861. The molecule has 2 heterocycles.